The van der Waals surface area contributed by atoms with Gasteiger partial charge in [-0.15, -0.1) is 0 Å². The molecule has 9 heteroatoms. The number of carboxylic acid groups (broad SMARTS) is 3. The lowest BCUT2D eigenvalue weighted by Gasteiger charge is -2.19. The van der Waals surface area contributed by atoms with Crippen LogP contribution in [0, 0.1) is 0 Å². The molecule has 3 aromatic rings. The van der Waals surface area contributed by atoms with E-state index in [2.05, 4.69) is 9.97 Å². The van der Waals surface area contributed by atoms with E-state index < -0.39 is 17.9 Å². The summed E-state index contributed by atoms with van der Waals surface area (Å²) in [7, 11) is 0. The van der Waals surface area contributed by atoms with Gasteiger partial charge in [-0.25, -0.2) is 19.4 Å². The normalized spacial score (nSPS) is 14.3. The number of aliphatic carboxylic acids is 2. The van der Waals surface area contributed by atoms with Crippen molar-refractivity contribution in [1.82, 2.24) is 15.0 Å². The highest BCUT2D eigenvalue weighted by molar-refractivity contribution is 5.95. The van der Waals surface area contributed by atoms with Crippen LogP contribution < -0.4 is 0 Å². The molecular weight excluding hydrogens is 450 g/mol. The average Bonchev–Trinajstić information content (AvgIpc) is 2.86. The predicted molar refractivity (Wildman–Crippen MR) is 126 cm³/mol. The van der Waals surface area contributed by atoms with Crippen LogP contribution in [-0.2, 0) is 22.4 Å². The summed E-state index contributed by atoms with van der Waals surface area (Å²) >= 11 is 0. The van der Waals surface area contributed by atoms with Gasteiger partial charge in [0.25, 0.3) is 0 Å². The molecule has 3 aromatic heterocycles. The summed E-state index contributed by atoms with van der Waals surface area (Å²) in [5.74, 6) is -3.07. The zero-order valence-electron chi connectivity index (χ0n) is 18.4. The summed E-state index contributed by atoms with van der Waals surface area (Å²) in [4.78, 5) is 48.4. The van der Waals surface area contributed by atoms with Gasteiger partial charge >= 0.3 is 17.9 Å². The fourth-order valence-corrected chi connectivity index (χ4v) is 4.53. The molecule has 0 aromatic carbocycles. The van der Waals surface area contributed by atoms with Crippen molar-refractivity contribution in [1.29, 1.82) is 0 Å². The topological polar surface area (TPSA) is 151 Å². The van der Waals surface area contributed by atoms with Crippen molar-refractivity contribution in [3.63, 3.8) is 0 Å². The van der Waals surface area contributed by atoms with E-state index in [9.17, 15) is 29.7 Å². The van der Waals surface area contributed by atoms with Crippen LogP contribution in [0.5, 0.6) is 0 Å². The molecule has 0 unspecified atom stereocenters. The van der Waals surface area contributed by atoms with Gasteiger partial charge in [0.2, 0.25) is 0 Å². The molecule has 0 aliphatic heterocycles. The van der Waals surface area contributed by atoms with Crippen LogP contribution in [-0.4, -0.2) is 48.2 Å². The van der Waals surface area contributed by atoms with E-state index >= 15 is 0 Å². The number of hydrogen-bond acceptors (Lipinski definition) is 6. The zero-order chi connectivity index (χ0) is 24.7. The van der Waals surface area contributed by atoms with Gasteiger partial charge in [-0.1, -0.05) is 0 Å². The maximum Gasteiger partial charge on any atom is 0.335 e. The molecule has 3 heterocycles. The number of pyridine rings is 3. The van der Waals surface area contributed by atoms with E-state index in [1.807, 2.05) is 0 Å². The van der Waals surface area contributed by atoms with Gasteiger partial charge in [-0.2, -0.15) is 0 Å². The van der Waals surface area contributed by atoms with Crippen molar-refractivity contribution < 1.29 is 29.7 Å². The molecular formula is C26H19N3O6. The Bertz CT molecular complexity index is 1390. The average molecular weight is 469 g/mol. The quantitative estimate of drug-likeness (QED) is 0.508. The molecule has 0 saturated heterocycles. The highest BCUT2D eigenvalue weighted by Crippen LogP contribution is 2.34. The van der Waals surface area contributed by atoms with E-state index in [-0.39, 0.29) is 5.56 Å². The van der Waals surface area contributed by atoms with Crippen LogP contribution in [0.25, 0.3) is 34.9 Å². The maximum absolute atomic E-state index is 12.0. The number of nitrogens with zero attached hydrogens (tertiary/aromatic N) is 3. The van der Waals surface area contributed by atoms with Crippen LogP contribution in [0.4, 0.5) is 0 Å². The lowest BCUT2D eigenvalue weighted by atomic mass is 9.89. The van der Waals surface area contributed by atoms with Crippen molar-refractivity contribution in [2.75, 3.05) is 0 Å². The van der Waals surface area contributed by atoms with Gasteiger partial charge in [-0.05, 0) is 84.4 Å². The SMILES string of the molecule is O=C(O)C1=Cc2ccnc(-c3cc(C(=O)O)cc(-c4nccc5c4CCC(C(=O)O)=C5)n3)c2CC1. The van der Waals surface area contributed by atoms with E-state index in [0.717, 1.165) is 11.1 Å². The maximum atomic E-state index is 12.0. The standard InChI is InChI=1S/C26H19N3O6/c30-24(31)15-1-3-18-13(9-15)5-7-27-22(18)20-11-17(26(34)35)12-21(29-20)23-19-4-2-16(25(32)33)10-14(19)6-8-28-23/h5-12H,1-4H2,(H,30,31)(H,32,33)(H,34,35). The fraction of sp³-hybridized carbons (Fsp3) is 0.154. The first-order valence-electron chi connectivity index (χ1n) is 10.9. The second-order valence-electron chi connectivity index (χ2n) is 8.34. The van der Waals surface area contributed by atoms with Crippen LogP contribution in [0.15, 0.2) is 47.8 Å². The van der Waals surface area contributed by atoms with Crippen LogP contribution in [0.3, 0.4) is 0 Å². The molecule has 0 saturated carbocycles. The number of aromatic carboxylic acids is 1. The first kappa shape index (κ1) is 22.1. The second kappa shape index (κ2) is 8.60. The number of hydrogen-bond donors (Lipinski definition) is 3. The summed E-state index contributed by atoms with van der Waals surface area (Å²) in [5, 5.41) is 28.5. The molecule has 0 amide bonds. The lowest BCUT2D eigenvalue weighted by Crippen LogP contribution is -2.11. The Labute approximate surface area is 199 Å². The van der Waals surface area contributed by atoms with E-state index in [1.54, 1.807) is 36.7 Å². The molecule has 3 N–H and O–H groups in total. The largest absolute Gasteiger partial charge is 0.478 e. The minimum absolute atomic E-state index is 0.0129. The van der Waals surface area contributed by atoms with Gasteiger partial charge in [0, 0.05) is 23.5 Å². The number of carbonyl (C=O) groups is 3. The van der Waals surface area contributed by atoms with Crippen LogP contribution in [0.1, 0.15) is 45.5 Å². The first-order chi connectivity index (χ1) is 16.8. The fourth-order valence-electron chi connectivity index (χ4n) is 4.53. The number of aromatic nitrogens is 3. The van der Waals surface area contributed by atoms with Crippen molar-refractivity contribution in [2.45, 2.75) is 25.7 Å². The number of rotatable bonds is 5. The van der Waals surface area contributed by atoms with Gasteiger partial charge < -0.3 is 15.3 Å². The monoisotopic (exact) mass is 469 g/mol. The molecule has 2 aliphatic carbocycles. The minimum Gasteiger partial charge on any atom is -0.478 e. The summed E-state index contributed by atoms with van der Waals surface area (Å²) in [6, 6.07) is 6.35. The summed E-state index contributed by atoms with van der Waals surface area (Å²) in [5.41, 5.74) is 5.32. The second-order valence-corrected chi connectivity index (χ2v) is 8.34. The summed E-state index contributed by atoms with van der Waals surface area (Å²) in [6.45, 7) is 0. The Morgan fingerprint density at radius 3 is 1.51 bits per heavy atom. The van der Waals surface area contributed by atoms with E-state index in [1.165, 1.54) is 12.1 Å². The van der Waals surface area contributed by atoms with Crippen molar-refractivity contribution in [3.05, 3.63) is 75.6 Å². The minimum atomic E-state index is -1.13. The highest BCUT2D eigenvalue weighted by Gasteiger charge is 2.24. The molecule has 0 bridgehead atoms. The molecule has 0 fully saturated rings. The molecule has 2 aliphatic rings. The molecule has 5 rings (SSSR count). The Balaban J connectivity index is 1.67. The van der Waals surface area contributed by atoms with Crippen molar-refractivity contribution in [3.8, 4) is 22.8 Å². The smallest absolute Gasteiger partial charge is 0.335 e. The van der Waals surface area contributed by atoms with Gasteiger partial charge in [0.05, 0.1) is 28.3 Å². The molecule has 35 heavy (non-hydrogen) atoms. The van der Waals surface area contributed by atoms with Crippen LogP contribution in [0.2, 0.25) is 0 Å². The van der Waals surface area contributed by atoms with Crippen LogP contribution >= 0.6 is 0 Å². The van der Waals surface area contributed by atoms with E-state index in [4.69, 9.17) is 4.98 Å². The molecule has 0 spiro atoms. The third-order valence-corrected chi connectivity index (χ3v) is 6.24. The highest BCUT2D eigenvalue weighted by atomic mass is 16.4. The third-order valence-electron chi connectivity index (χ3n) is 6.24. The third kappa shape index (κ3) is 4.08. The van der Waals surface area contributed by atoms with Gasteiger partial charge in [0.15, 0.2) is 0 Å². The molecule has 9 nitrogen and oxygen atoms in total. The predicted octanol–water partition coefficient (Wildman–Crippen LogP) is 3.73. The van der Waals surface area contributed by atoms with Gasteiger partial charge in [-0.3, -0.25) is 9.97 Å². The molecule has 174 valence electrons. The lowest BCUT2D eigenvalue weighted by molar-refractivity contribution is -0.133. The zero-order valence-corrected chi connectivity index (χ0v) is 18.4. The summed E-state index contributed by atoms with van der Waals surface area (Å²) < 4.78 is 0. The Kier molecular flexibility index (Phi) is 5.44. The Morgan fingerprint density at radius 2 is 1.11 bits per heavy atom. The number of carboxylic acids is 3. The van der Waals surface area contributed by atoms with Gasteiger partial charge in [0.1, 0.15) is 0 Å². The van der Waals surface area contributed by atoms with Crippen molar-refractivity contribution >= 4 is 30.1 Å². The molecule has 0 atom stereocenters. The van der Waals surface area contributed by atoms with Crippen molar-refractivity contribution in [2.24, 2.45) is 0 Å². The Hall–Kier alpha value is -4.66. The van der Waals surface area contributed by atoms with E-state index in [0.29, 0.717) is 70.7 Å². The summed E-state index contributed by atoms with van der Waals surface area (Å²) in [6.07, 6.45) is 7.85. The Morgan fingerprint density at radius 1 is 0.657 bits per heavy atom. The first-order valence-corrected chi connectivity index (χ1v) is 10.9. The number of fused-ring (bicyclic) bond motifs is 2. The molecule has 0 radical (unpaired) electrons.